The SMILES string of the molecule is NCCSN.Nc1ccccc1. The van der Waals surface area contributed by atoms with Gasteiger partial charge in [-0.2, -0.15) is 0 Å². The molecule has 0 saturated carbocycles. The summed E-state index contributed by atoms with van der Waals surface area (Å²) in [6.45, 7) is 0.682. The van der Waals surface area contributed by atoms with Crippen LogP contribution in [-0.4, -0.2) is 12.3 Å². The largest absolute Gasteiger partial charge is 0.399 e. The van der Waals surface area contributed by atoms with Crippen molar-refractivity contribution in [3.63, 3.8) is 0 Å². The van der Waals surface area contributed by atoms with Crippen LogP contribution >= 0.6 is 11.9 Å². The Bertz CT molecular complexity index is 177. The van der Waals surface area contributed by atoms with Gasteiger partial charge in [0.25, 0.3) is 0 Å². The second-order valence-corrected chi connectivity index (χ2v) is 2.81. The molecule has 6 N–H and O–H groups in total. The van der Waals surface area contributed by atoms with Crippen LogP contribution in [0.4, 0.5) is 5.69 Å². The lowest BCUT2D eigenvalue weighted by molar-refractivity contribution is 1.15. The van der Waals surface area contributed by atoms with Crippen molar-refractivity contribution in [1.29, 1.82) is 0 Å². The molecule has 12 heavy (non-hydrogen) atoms. The molecule has 0 atom stereocenters. The molecule has 0 saturated heterocycles. The van der Waals surface area contributed by atoms with Crippen LogP contribution in [0.25, 0.3) is 0 Å². The maximum atomic E-state index is 5.36. The highest BCUT2D eigenvalue weighted by Crippen LogP contribution is 1.95. The van der Waals surface area contributed by atoms with E-state index in [0.717, 1.165) is 11.4 Å². The van der Waals surface area contributed by atoms with Gasteiger partial charge in [0.2, 0.25) is 0 Å². The number of nitrogens with two attached hydrogens (primary N) is 3. The summed E-state index contributed by atoms with van der Waals surface area (Å²) in [6.07, 6.45) is 0. The third-order valence-corrected chi connectivity index (χ3v) is 1.51. The van der Waals surface area contributed by atoms with E-state index >= 15 is 0 Å². The fraction of sp³-hybridized carbons (Fsp3) is 0.250. The quantitative estimate of drug-likeness (QED) is 0.471. The Labute approximate surface area is 77.4 Å². The fourth-order valence-corrected chi connectivity index (χ4v) is 0.657. The standard InChI is InChI=1S/C6H7N.C2H8N2S/c7-6-4-2-1-3-5-6;3-1-2-5-4/h1-5H,7H2;1-4H2. The third kappa shape index (κ3) is 7.40. The van der Waals surface area contributed by atoms with Gasteiger partial charge in [-0.3, -0.25) is 5.14 Å². The Morgan fingerprint density at radius 1 is 1.17 bits per heavy atom. The van der Waals surface area contributed by atoms with Crippen LogP contribution in [0, 0.1) is 0 Å². The van der Waals surface area contributed by atoms with Crippen molar-refractivity contribution in [3.05, 3.63) is 30.3 Å². The van der Waals surface area contributed by atoms with Crippen molar-refractivity contribution in [2.75, 3.05) is 18.0 Å². The summed E-state index contributed by atoms with van der Waals surface area (Å²) in [7, 11) is 0. The van der Waals surface area contributed by atoms with Gasteiger partial charge in [-0.25, -0.2) is 0 Å². The Morgan fingerprint density at radius 3 is 1.92 bits per heavy atom. The molecule has 0 heterocycles. The first-order chi connectivity index (χ1) is 5.81. The Kier molecular flexibility index (Phi) is 7.89. The van der Waals surface area contributed by atoms with E-state index in [-0.39, 0.29) is 0 Å². The van der Waals surface area contributed by atoms with E-state index in [2.05, 4.69) is 0 Å². The Morgan fingerprint density at radius 2 is 1.75 bits per heavy atom. The van der Waals surface area contributed by atoms with Crippen LogP contribution in [0.5, 0.6) is 0 Å². The Balaban J connectivity index is 0.000000217. The number of para-hydroxylation sites is 1. The van der Waals surface area contributed by atoms with Crippen LogP contribution in [0.3, 0.4) is 0 Å². The zero-order chi connectivity index (χ0) is 9.23. The van der Waals surface area contributed by atoms with E-state index < -0.39 is 0 Å². The van der Waals surface area contributed by atoms with Crippen LogP contribution in [0.2, 0.25) is 0 Å². The molecular weight excluding hydrogens is 170 g/mol. The monoisotopic (exact) mass is 185 g/mol. The third-order valence-electron chi connectivity index (χ3n) is 1.04. The van der Waals surface area contributed by atoms with Gasteiger partial charge in [0.1, 0.15) is 0 Å². The van der Waals surface area contributed by atoms with E-state index in [1.807, 2.05) is 30.3 Å². The van der Waals surface area contributed by atoms with Crippen LogP contribution in [-0.2, 0) is 0 Å². The van der Waals surface area contributed by atoms with Gasteiger partial charge < -0.3 is 11.5 Å². The molecule has 1 aromatic rings. The van der Waals surface area contributed by atoms with E-state index in [4.69, 9.17) is 16.6 Å². The average Bonchev–Trinajstić information content (AvgIpc) is 2.08. The molecule has 0 bridgehead atoms. The highest BCUT2D eigenvalue weighted by Gasteiger charge is 1.72. The molecule has 1 rings (SSSR count). The molecule has 0 aliphatic heterocycles. The molecule has 0 fully saturated rings. The molecule has 0 amide bonds. The first kappa shape index (κ1) is 11.3. The number of hydrogen-bond donors (Lipinski definition) is 3. The lowest BCUT2D eigenvalue weighted by Gasteiger charge is -1.83. The molecule has 68 valence electrons. The van der Waals surface area contributed by atoms with Crippen molar-refractivity contribution in [1.82, 2.24) is 0 Å². The zero-order valence-corrected chi connectivity index (χ0v) is 7.76. The van der Waals surface area contributed by atoms with Gasteiger partial charge in [-0.1, -0.05) is 30.1 Å². The number of hydrogen-bond acceptors (Lipinski definition) is 4. The summed E-state index contributed by atoms with van der Waals surface area (Å²) < 4.78 is 0. The molecule has 0 aliphatic carbocycles. The minimum absolute atomic E-state index is 0.682. The van der Waals surface area contributed by atoms with Gasteiger partial charge >= 0.3 is 0 Å². The van der Waals surface area contributed by atoms with Crippen molar-refractivity contribution in [2.24, 2.45) is 10.9 Å². The van der Waals surface area contributed by atoms with E-state index in [0.29, 0.717) is 6.54 Å². The second-order valence-electron chi connectivity index (χ2n) is 2.07. The van der Waals surface area contributed by atoms with Crippen LogP contribution < -0.4 is 16.6 Å². The normalized spacial score (nSPS) is 8.50. The number of nitrogen functional groups attached to an aromatic ring is 1. The maximum absolute atomic E-state index is 5.36. The highest BCUT2D eigenvalue weighted by atomic mass is 32.2. The van der Waals surface area contributed by atoms with Gasteiger partial charge in [-0.15, -0.1) is 0 Å². The minimum Gasteiger partial charge on any atom is -0.399 e. The first-order valence-electron chi connectivity index (χ1n) is 3.63. The molecule has 0 aliphatic rings. The van der Waals surface area contributed by atoms with Crippen LogP contribution in [0.15, 0.2) is 30.3 Å². The maximum Gasteiger partial charge on any atom is 0.0313 e. The Hall–Kier alpha value is -0.710. The molecule has 0 aromatic heterocycles. The molecule has 4 heteroatoms. The molecular formula is C8H15N3S. The van der Waals surface area contributed by atoms with Crippen molar-refractivity contribution in [3.8, 4) is 0 Å². The summed E-state index contributed by atoms with van der Waals surface area (Å²) in [5, 5.41) is 4.98. The van der Waals surface area contributed by atoms with Gasteiger partial charge in [0.15, 0.2) is 0 Å². The lowest BCUT2D eigenvalue weighted by Crippen LogP contribution is -2.02. The van der Waals surface area contributed by atoms with Gasteiger partial charge in [0, 0.05) is 18.0 Å². The predicted octanol–water partition coefficient (Wildman–Crippen LogP) is 0.821. The fourth-order valence-electron chi connectivity index (χ4n) is 0.521. The van der Waals surface area contributed by atoms with E-state index in [9.17, 15) is 0 Å². The van der Waals surface area contributed by atoms with Gasteiger partial charge in [0.05, 0.1) is 0 Å². The summed E-state index contributed by atoms with van der Waals surface area (Å²) in [5.74, 6) is 0.861. The van der Waals surface area contributed by atoms with E-state index in [1.165, 1.54) is 11.9 Å². The molecule has 1 aromatic carbocycles. The molecule has 0 spiro atoms. The minimum atomic E-state index is 0.682. The molecule has 0 radical (unpaired) electrons. The smallest absolute Gasteiger partial charge is 0.0313 e. The molecule has 0 unspecified atom stereocenters. The molecule has 3 nitrogen and oxygen atoms in total. The van der Waals surface area contributed by atoms with Crippen molar-refractivity contribution >= 4 is 17.6 Å². The van der Waals surface area contributed by atoms with Crippen molar-refractivity contribution in [2.45, 2.75) is 0 Å². The second kappa shape index (κ2) is 8.39. The number of rotatable bonds is 2. The topological polar surface area (TPSA) is 78.1 Å². The van der Waals surface area contributed by atoms with E-state index in [1.54, 1.807) is 0 Å². The lowest BCUT2D eigenvalue weighted by atomic mass is 10.3. The van der Waals surface area contributed by atoms with Crippen molar-refractivity contribution < 1.29 is 0 Å². The predicted molar refractivity (Wildman–Crippen MR) is 56.6 cm³/mol. The number of anilines is 1. The summed E-state index contributed by atoms with van der Waals surface area (Å²) in [5.41, 5.74) is 11.2. The average molecular weight is 185 g/mol. The highest BCUT2D eigenvalue weighted by molar-refractivity contribution is 7.97. The summed E-state index contributed by atoms with van der Waals surface area (Å²) >= 11 is 1.28. The number of benzene rings is 1. The zero-order valence-electron chi connectivity index (χ0n) is 6.94. The summed E-state index contributed by atoms with van der Waals surface area (Å²) in [6, 6.07) is 9.49. The van der Waals surface area contributed by atoms with Gasteiger partial charge in [-0.05, 0) is 12.1 Å². The van der Waals surface area contributed by atoms with Crippen LogP contribution in [0.1, 0.15) is 0 Å². The first-order valence-corrected chi connectivity index (χ1v) is 4.68. The summed E-state index contributed by atoms with van der Waals surface area (Å²) in [4.78, 5) is 0.